The first-order valence-corrected chi connectivity index (χ1v) is 12.1. The average molecular weight is 470 g/mol. The summed E-state index contributed by atoms with van der Waals surface area (Å²) in [5.41, 5.74) is 3.45. The molecule has 7 heteroatoms. The molecule has 168 valence electrons. The van der Waals surface area contributed by atoms with E-state index >= 15 is 0 Å². The van der Waals surface area contributed by atoms with E-state index in [9.17, 15) is 9.90 Å². The van der Waals surface area contributed by atoms with Gasteiger partial charge in [-0.3, -0.25) is 4.79 Å². The molecule has 0 fully saturated rings. The molecule has 0 spiro atoms. The number of nitrogens with zero attached hydrogens (tertiary/aromatic N) is 2. The Kier molecular flexibility index (Phi) is 9.38. The van der Waals surface area contributed by atoms with Crippen molar-refractivity contribution in [3.05, 3.63) is 71.4 Å². The zero-order valence-electron chi connectivity index (χ0n) is 18.1. The summed E-state index contributed by atoms with van der Waals surface area (Å²) in [6.45, 7) is 2.71. The van der Waals surface area contributed by atoms with Gasteiger partial charge in [-0.25, -0.2) is 9.97 Å². The number of benzene rings is 2. The average Bonchev–Trinajstić information content (AvgIpc) is 2.80. The molecule has 32 heavy (non-hydrogen) atoms. The lowest BCUT2D eigenvalue weighted by Gasteiger charge is -2.12. The van der Waals surface area contributed by atoms with Crippen LogP contribution in [0.25, 0.3) is 11.1 Å². The summed E-state index contributed by atoms with van der Waals surface area (Å²) in [7, 11) is 0. The van der Waals surface area contributed by atoms with Crippen LogP contribution in [0.3, 0.4) is 0 Å². The van der Waals surface area contributed by atoms with Gasteiger partial charge in [0, 0.05) is 12.6 Å². The fourth-order valence-electron chi connectivity index (χ4n) is 3.29. The maximum absolute atomic E-state index is 11.7. The number of anilines is 1. The highest BCUT2D eigenvalue weighted by Gasteiger charge is 2.20. The quantitative estimate of drug-likeness (QED) is 0.130. The lowest BCUT2D eigenvalue weighted by molar-refractivity contribution is -0.136. The molecule has 5 nitrogen and oxygen atoms in total. The molecule has 1 atom stereocenters. The molecule has 2 aromatic carbocycles. The molecular weight excluding hydrogens is 442 g/mol. The van der Waals surface area contributed by atoms with E-state index in [0.29, 0.717) is 29.1 Å². The summed E-state index contributed by atoms with van der Waals surface area (Å²) in [4.78, 5) is 20.3. The van der Waals surface area contributed by atoms with Gasteiger partial charge in [-0.2, -0.15) is 0 Å². The zero-order valence-corrected chi connectivity index (χ0v) is 19.7. The normalized spacial score (nSPS) is 11.8. The minimum absolute atomic E-state index is 0.291. The number of nitrogens with one attached hydrogen (secondary N) is 1. The van der Waals surface area contributed by atoms with Crippen molar-refractivity contribution in [2.45, 2.75) is 56.0 Å². The van der Waals surface area contributed by atoms with Gasteiger partial charge < -0.3 is 10.4 Å². The predicted molar refractivity (Wildman–Crippen MR) is 132 cm³/mol. The topological polar surface area (TPSA) is 75.1 Å². The number of aromatic nitrogens is 2. The van der Waals surface area contributed by atoms with Crippen LogP contribution in [0, 0.1) is 0 Å². The zero-order chi connectivity index (χ0) is 22.8. The summed E-state index contributed by atoms with van der Waals surface area (Å²) in [6, 6.07) is 20.2. The smallest absolute Gasteiger partial charge is 0.317 e. The van der Waals surface area contributed by atoms with Crippen molar-refractivity contribution in [3.8, 4) is 11.1 Å². The Morgan fingerprint density at radius 3 is 2.44 bits per heavy atom. The highest BCUT2D eigenvalue weighted by Crippen LogP contribution is 2.27. The van der Waals surface area contributed by atoms with Crippen molar-refractivity contribution in [2.75, 3.05) is 5.32 Å². The second-order valence-corrected chi connectivity index (χ2v) is 9.13. The summed E-state index contributed by atoms with van der Waals surface area (Å²) < 4.78 is 0. The number of hydrogen-bond donors (Lipinski definition) is 2. The maximum Gasteiger partial charge on any atom is 0.317 e. The van der Waals surface area contributed by atoms with E-state index in [1.807, 2.05) is 18.2 Å². The summed E-state index contributed by atoms with van der Waals surface area (Å²) in [5, 5.41) is 12.9. The van der Waals surface area contributed by atoms with E-state index in [0.717, 1.165) is 48.6 Å². The third-order valence-electron chi connectivity index (χ3n) is 5.05. The molecule has 0 saturated carbocycles. The third-order valence-corrected chi connectivity index (χ3v) is 6.36. The Balaban J connectivity index is 1.60. The van der Waals surface area contributed by atoms with Crippen LogP contribution < -0.4 is 5.32 Å². The van der Waals surface area contributed by atoms with Crippen LogP contribution >= 0.6 is 23.4 Å². The Bertz CT molecular complexity index is 1000. The van der Waals surface area contributed by atoms with Gasteiger partial charge in [0.2, 0.25) is 0 Å². The summed E-state index contributed by atoms with van der Waals surface area (Å²) >= 11 is 7.34. The molecular formula is C25H28ClN3O2S. The highest BCUT2D eigenvalue weighted by atomic mass is 35.5. The lowest BCUT2D eigenvalue weighted by atomic mass is 10.0. The highest BCUT2D eigenvalue weighted by molar-refractivity contribution is 8.00. The minimum Gasteiger partial charge on any atom is -0.480 e. The minimum atomic E-state index is -0.844. The van der Waals surface area contributed by atoms with Crippen molar-refractivity contribution in [2.24, 2.45) is 0 Å². The molecule has 0 aliphatic carbocycles. The molecule has 0 radical (unpaired) electrons. The maximum atomic E-state index is 11.7. The molecule has 1 aromatic heterocycles. The van der Waals surface area contributed by atoms with Crippen molar-refractivity contribution in [1.29, 1.82) is 0 Å². The van der Waals surface area contributed by atoms with Gasteiger partial charge in [-0.15, -0.1) is 0 Å². The van der Waals surface area contributed by atoms with E-state index in [2.05, 4.69) is 58.6 Å². The van der Waals surface area contributed by atoms with Crippen molar-refractivity contribution >= 4 is 35.1 Å². The van der Waals surface area contributed by atoms with Crippen LogP contribution in [0.4, 0.5) is 5.82 Å². The summed E-state index contributed by atoms with van der Waals surface area (Å²) in [5.74, 6) is -0.266. The Labute approximate surface area is 198 Å². The molecule has 0 amide bonds. The first-order valence-electron chi connectivity index (χ1n) is 10.9. The van der Waals surface area contributed by atoms with Crippen LogP contribution in [0.5, 0.6) is 0 Å². The molecule has 0 aliphatic heterocycles. The van der Waals surface area contributed by atoms with Crippen molar-refractivity contribution in [3.63, 3.8) is 0 Å². The lowest BCUT2D eigenvalue weighted by Crippen LogP contribution is -2.17. The number of carbonyl (C=O) groups is 1. The first-order chi connectivity index (χ1) is 15.5. The number of carboxylic acids is 1. The molecule has 0 unspecified atom stereocenters. The molecule has 2 N–H and O–H groups in total. The van der Waals surface area contributed by atoms with Crippen LogP contribution in [0.1, 0.15) is 44.6 Å². The van der Waals surface area contributed by atoms with Crippen LogP contribution in [0.2, 0.25) is 5.15 Å². The second kappa shape index (κ2) is 12.5. The molecule has 1 heterocycles. The summed E-state index contributed by atoms with van der Waals surface area (Å²) in [6.07, 6.45) is 4.74. The van der Waals surface area contributed by atoms with Gasteiger partial charge in [-0.05, 0) is 23.1 Å². The van der Waals surface area contributed by atoms with Gasteiger partial charge in [0.15, 0.2) is 5.16 Å². The first kappa shape index (κ1) is 24.1. The molecule has 0 saturated heterocycles. The number of unbranched alkanes of at least 4 members (excludes halogenated alkanes) is 3. The number of rotatable bonds is 12. The largest absolute Gasteiger partial charge is 0.480 e. The number of aliphatic carboxylic acids is 1. The van der Waals surface area contributed by atoms with Gasteiger partial charge in [0.1, 0.15) is 16.2 Å². The van der Waals surface area contributed by atoms with Crippen LogP contribution in [-0.2, 0) is 11.3 Å². The fraction of sp³-hybridized carbons (Fsp3) is 0.320. The van der Waals surface area contributed by atoms with E-state index in [4.69, 9.17) is 11.6 Å². The number of carboxylic acid groups (broad SMARTS) is 1. The van der Waals surface area contributed by atoms with E-state index in [-0.39, 0.29) is 0 Å². The Morgan fingerprint density at radius 2 is 1.75 bits per heavy atom. The Hall–Kier alpha value is -2.57. The molecule has 0 bridgehead atoms. The van der Waals surface area contributed by atoms with Gasteiger partial charge >= 0.3 is 5.97 Å². The van der Waals surface area contributed by atoms with Gasteiger partial charge in [-0.1, -0.05) is 111 Å². The molecule has 0 aliphatic rings. The van der Waals surface area contributed by atoms with Crippen LogP contribution in [-0.4, -0.2) is 26.3 Å². The van der Waals surface area contributed by atoms with E-state index in [1.54, 1.807) is 6.07 Å². The fourth-order valence-corrected chi connectivity index (χ4v) is 4.47. The van der Waals surface area contributed by atoms with Gasteiger partial charge in [0.25, 0.3) is 0 Å². The standard InChI is InChI=1S/C25H28ClN3O2S/c1-2-3-4-8-11-21(24(30)31)32-25-28-22(26)16-23(29-25)27-17-18-12-14-20(15-13-18)19-9-6-5-7-10-19/h5-7,9-10,12-16,21H,2-4,8,11,17H2,1H3,(H,30,31)(H,27,28,29)/t21-/m0/s1. The Morgan fingerprint density at radius 1 is 1.03 bits per heavy atom. The van der Waals surface area contributed by atoms with E-state index in [1.165, 1.54) is 5.56 Å². The molecule has 3 rings (SSSR count). The SMILES string of the molecule is CCCCCC[C@H](Sc1nc(Cl)cc(NCc2ccc(-c3ccccc3)cc2)n1)C(=O)O. The number of hydrogen-bond acceptors (Lipinski definition) is 5. The monoisotopic (exact) mass is 469 g/mol. The molecule has 3 aromatic rings. The van der Waals surface area contributed by atoms with Crippen molar-refractivity contribution in [1.82, 2.24) is 9.97 Å². The van der Waals surface area contributed by atoms with Gasteiger partial charge in [0.05, 0.1) is 0 Å². The number of thioether (sulfide) groups is 1. The third kappa shape index (κ3) is 7.53. The second-order valence-electron chi connectivity index (χ2n) is 7.57. The van der Waals surface area contributed by atoms with E-state index < -0.39 is 11.2 Å². The van der Waals surface area contributed by atoms with Crippen LogP contribution in [0.15, 0.2) is 65.8 Å². The van der Waals surface area contributed by atoms with Crippen molar-refractivity contribution < 1.29 is 9.90 Å². The number of halogens is 1. The predicted octanol–water partition coefficient (Wildman–Crippen LogP) is 6.92.